The van der Waals surface area contributed by atoms with Crippen LogP contribution in [-0.4, -0.2) is 21.6 Å². The van der Waals surface area contributed by atoms with Gasteiger partial charge in [0.2, 0.25) is 0 Å². The second-order valence-electron chi connectivity index (χ2n) is 4.31. The van der Waals surface area contributed by atoms with Crippen LogP contribution in [0.1, 0.15) is 11.3 Å². The number of nitrogens with one attached hydrogen (secondary N) is 2. The minimum atomic E-state index is -0.0652. The van der Waals surface area contributed by atoms with Crippen molar-refractivity contribution < 1.29 is 5.11 Å². The average molecular weight is 243 g/mol. The molecule has 0 atom stereocenters. The monoisotopic (exact) mass is 243 g/mol. The zero-order valence-corrected chi connectivity index (χ0v) is 9.73. The van der Waals surface area contributed by atoms with Gasteiger partial charge in [0.05, 0.1) is 5.69 Å². The number of hydrogen-bond acceptors (Lipinski definition) is 4. The van der Waals surface area contributed by atoms with Gasteiger partial charge >= 0.3 is 0 Å². The highest BCUT2D eigenvalue weighted by molar-refractivity contribution is 5.56. The third-order valence-corrected chi connectivity index (χ3v) is 3.09. The van der Waals surface area contributed by atoms with Crippen LogP contribution in [0.2, 0.25) is 0 Å². The van der Waals surface area contributed by atoms with Crippen LogP contribution in [0.4, 0.5) is 0 Å². The molecule has 5 heteroatoms. The van der Waals surface area contributed by atoms with Crippen LogP contribution >= 0.6 is 0 Å². The maximum Gasteiger partial charge on any atom is 0.254 e. The van der Waals surface area contributed by atoms with Gasteiger partial charge in [-0.25, -0.2) is 4.98 Å². The van der Waals surface area contributed by atoms with Gasteiger partial charge in [0.1, 0.15) is 11.6 Å². The van der Waals surface area contributed by atoms with E-state index in [4.69, 9.17) is 0 Å². The number of nitrogens with zero attached hydrogens (tertiary/aromatic N) is 1. The Hall–Kier alpha value is -2.14. The lowest BCUT2D eigenvalue weighted by molar-refractivity contribution is 0.475. The Bertz CT molecular complexity index is 632. The van der Waals surface area contributed by atoms with Crippen molar-refractivity contribution in [3.8, 4) is 17.1 Å². The maximum absolute atomic E-state index is 12.0. The van der Waals surface area contributed by atoms with Crippen molar-refractivity contribution in [3.05, 3.63) is 45.9 Å². The molecule has 0 fully saturated rings. The standard InChI is InChI=1S/C13H13N3O2/c17-9-3-1-8(2-4-9)12-15-11-7-14-6-5-10(11)13(18)16-12/h1-4,14,17H,5-7H2,(H,15,16,18). The van der Waals surface area contributed by atoms with Gasteiger partial charge in [0, 0.05) is 17.7 Å². The second-order valence-corrected chi connectivity index (χ2v) is 4.31. The smallest absolute Gasteiger partial charge is 0.254 e. The fourth-order valence-corrected chi connectivity index (χ4v) is 2.12. The molecular weight excluding hydrogens is 230 g/mol. The van der Waals surface area contributed by atoms with E-state index in [1.54, 1.807) is 24.3 Å². The maximum atomic E-state index is 12.0. The summed E-state index contributed by atoms with van der Waals surface area (Å²) in [5.74, 6) is 0.739. The summed E-state index contributed by atoms with van der Waals surface area (Å²) in [6.07, 6.45) is 0.716. The van der Waals surface area contributed by atoms with Crippen LogP contribution in [0.15, 0.2) is 29.1 Å². The molecule has 1 aromatic heterocycles. The summed E-state index contributed by atoms with van der Waals surface area (Å²) in [7, 11) is 0. The minimum Gasteiger partial charge on any atom is -0.508 e. The molecule has 0 spiro atoms. The summed E-state index contributed by atoms with van der Waals surface area (Å²) in [6.45, 7) is 1.45. The number of phenolic OH excluding ortho intramolecular Hbond substituents is 1. The molecule has 1 aliphatic rings. The SMILES string of the molecule is O=c1[nH]c(-c2ccc(O)cc2)nc2c1CCNC2. The summed E-state index contributed by atoms with van der Waals surface area (Å²) in [5, 5.41) is 12.4. The topological polar surface area (TPSA) is 78.0 Å². The number of aromatic nitrogens is 2. The molecule has 0 unspecified atom stereocenters. The Morgan fingerprint density at radius 2 is 2.00 bits per heavy atom. The van der Waals surface area contributed by atoms with Crippen molar-refractivity contribution in [2.45, 2.75) is 13.0 Å². The van der Waals surface area contributed by atoms with E-state index in [1.807, 2.05) is 0 Å². The summed E-state index contributed by atoms with van der Waals surface area (Å²) in [4.78, 5) is 19.2. The fourth-order valence-electron chi connectivity index (χ4n) is 2.12. The molecule has 1 aromatic carbocycles. The van der Waals surface area contributed by atoms with Crippen molar-refractivity contribution in [2.24, 2.45) is 0 Å². The molecule has 0 saturated carbocycles. The van der Waals surface area contributed by atoms with E-state index in [-0.39, 0.29) is 11.3 Å². The molecule has 0 bridgehead atoms. The molecule has 0 saturated heterocycles. The molecule has 92 valence electrons. The predicted octanol–water partition coefficient (Wildman–Crippen LogP) is 0.788. The van der Waals surface area contributed by atoms with Gasteiger partial charge in [0.15, 0.2) is 0 Å². The van der Waals surface area contributed by atoms with Crippen LogP contribution in [0.3, 0.4) is 0 Å². The molecule has 2 heterocycles. The summed E-state index contributed by atoms with van der Waals surface area (Å²) in [6, 6.07) is 6.62. The van der Waals surface area contributed by atoms with E-state index in [0.717, 1.165) is 23.4 Å². The van der Waals surface area contributed by atoms with Crippen molar-refractivity contribution in [2.75, 3.05) is 6.54 Å². The Balaban J connectivity index is 2.11. The number of aromatic hydroxyl groups is 1. The van der Waals surface area contributed by atoms with Gasteiger partial charge in [-0.05, 0) is 37.2 Å². The zero-order chi connectivity index (χ0) is 12.5. The minimum absolute atomic E-state index is 0.0652. The molecule has 1 aliphatic heterocycles. The van der Waals surface area contributed by atoms with Crippen molar-refractivity contribution in [1.29, 1.82) is 0 Å². The van der Waals surface area contributed by atoms with Crippen LogP contribution in [0.25, 0.3) is 11.4 Å². The quantitative estimate of drug-likeness (QED) is 0.692. The van der Waals surface area contributed by atoms with Gasteiger partial charge in [-0.1, -0.05) is 0 Å². The third kappa shape index (κ3) is 1.89. The van der Waals surface area contributed by atoms with E-state index in [2.05, 4.69) is 15.3 Å². The summed E-state index contributed by atoms with van der Waals surface area (Å²) < 4.78 is 0. The Morgan fingerprint density at radius 3 is 2.78 bits per heavy atom. The van der Waals surface area contributed by atoms with Crippen molar-refractivity contribution in [1.82, 2.24) is 15.3 Å². The van der Waals surface area contributed by atoms with E-state index >= 15 is 0 Å². The Morgan fingerprint density at radius 1 is 1.22 bits per heavy atom. The summed E-state index contributed by atoms with van der Waals surface area (Å²) in [5.41, 5.74) is 2.31. The number of phenols is 1. The first-order valence-corrected chi connectivity index (χ1v) is 5.86. The van der Waals surface area contributed by atoms with Gasteiger partial charge in [0.25, 0.3) is 5.56 Å². The molecule has 2 aromatic rings. The highest BCUT2D eigenvalue weighted by Crippen LogP contribution is 2.19. The van der Waals surface area contributed by atoms with E-state index < -0.39 is 0 Å². The molecule has 0 radical (unpaired) electrons. The number of rotatable bonds is 1. The van der Waals surface area contributed by atoms with Crippen LogP contribution in [-0.2, 0) is 13.0 Å². The second kappa shape index (κ2) is 4.27. The van der Waals surface area contributed by atoms with E-state index in [1.165, 1.54) is 0 Å². The molecule has 18 heavy (non-hydrogen) atoms. The number of benzene rings is 1. The number of hydrogen-bond donors (Lipinski definition) is 3. The average Bonchev–Trinajstić information content (AvgIpc) is 2.39. The third-order valence-electron chi connectivity index (χ3n) is 3.09. The lowest BCUT2D eigenvalue weighted by atomic mass is 10.1. The van der Waals surface area contributed by atoms with Gasteiger partial charge < -0.3 is 15.4 Å². The van der Waals surface area contributed by atoms with Crippen molar-refractivity contribution in [3.63, 3.8) is 0 Å². The normalized spacial score (nSPS) is 14.2. The summed E-state index contributed by atoms with van der Waals surface area (Å²) >= 11 is 0. The molecule has 0 amide bonds. The molecule has 5 nitrogen and oxygen atoms in total. The Kier molecular flexibility index (Phi) is 2.60. The molecular formula is C13H13N3O2. The largest absolute Gasteiger partial charge is 0.508 e. The molecule has 3 rings (SSSR count). The first-order chi connectivity index (χ1) is 8.74. The number of H-pyrrole nitrogens is 1. The number of fused-ring (bicyclic) bond motifs is 1. The zero-order valence-electron chi connectivity index (χ0n) is 9.73. The van der Waals surface area contributed by atoms with E-state index in [0.29, 0.717) is 18.8 Å². The van der Waals surface area contributed by atoms with Crippen molar-refractivity contribution >= 4 is 0 Å². The highest BCUT2D eigenvalue weighted by Gasteiger charge is 2.15. The van der Waals surface area contributed by atoms with Gasteiger partial charge in [-0.3, -0.25) is 4.79 Å². The first-order valence-electron chi connectivity index (χ1n) is 5.86. The fraction of sp³-hybridized carbons (Fsp3) is 0.231. The predicted molar refractivity (Wildman–Crippen MR) is 67.4 cm³/mol. The van der Waals surface area contributed by atoms with Gasteiger partial charge in [-0.15, -0.1) is 0 Å². The van der Waals surface area contributed by atoms with Crippen LogP contribution in [0, 0.1) is 0 Å². The molecule has 3 N–H and O–H groups in total. The molecule has 0 aliphatic carbocycles. The lowest BCUT2D eigenvalue weighted by Crippen LogP contribution is -2.31. The Labute approximate surface area is 104 Å². The first kappa shape index (κ1) is 11.0. The van der Waals surface area contributed by atoms with Crippen LogP contribution < -0.4 is 10.9 Å². The lowest BCUT2D eigenvalue weighted by Gasteiger charge is -2.15. The highest BCUT2D eigenvalue weighted by atomic mass is 16.3. The van der Waals surface area contributed by atoms with Gasteiger partial charge in [-0.2, -0.15) is 0 Å². The van der Waals surface area contributed by atoms with E-state index in [9.17, 15) is 9.90 Å². The number of aromatic amines is 1. The van der Waals surface area contributed by atoms with Crippen LogP contribution in [0.5, 0.6) is 5.75 Å².